The van der Waals surface area contributed by atoms with Crippen LogP contribution in [-0.4, -0.2) is 31.7 Å². The number of amides is 1. The first-order chi connectivity index (χ1) is 14.4. The Morgan fingerprint density at radius 1 is 1.03 bits per heavy atom. The van der Waals surface area contributed by atoms with Gasteiger partial charge in [-0.1, -0.05) is 56.3 Å². The number of rotatable bonds is 8. The second-order valence-electron chi connectivity index (χ2n) is 6.90. The molecule has 3 rings (SSSR count). The van der Waals surface area contributed by atoms with E-state index in [1.807, 2.05) is 47.8 Å². The van der Waals surface area contributed by atoms with Crippen molar-refractivity contribution in [2.75, 3.05) is 13.1 Å². The first-order valence-corrected chi connectivity index (χ1v) is 12.2. The van der Waals surface area contributed by atoms with Gasteiger partial charge in [-0.05, 0) is 41.6 Å². The fourth-order valence-corrected chi connectivity index (χ4v) is 5.87. The quantitative estimate of drug-likeness (QED) is 0.554. The first-order valence-electron chi connectivity index (χ1n) is 9.88. The molecular weight excluding hydrogens is 416 g/mol. The van der Waals surface area contributed by atoms with Crippen molar-refractivity contribution in [2.24, 2.45) is 0 Å². The lowest BCUT2D eigenvalue weighted by Crippen LogP contribution is -2.32. The van der Waals surface area contributed by atoms with Gasteiger partial charge in [0.15, 0.2) is 0 Å². The van der Waals surface area contributed by atoms with Crippen molar-refractivity contribution >= 4 is 27.3 Å². The van der Waals surface area contributed by atoms with Crippen LogP contribution in [0.5, 0.6) is 0 Å². The zero-order valence-corrected chi connectivity index (χ0v) is 19.0. The summed E-state index contributed by atoms with van der Waals surface area (Å²) in [5.74, 6) is -0.312. The maximum atomic E-state index is 13.1. The van der Waals surface area contributed by atoms with Gasteiger partial charge in [0.1, 0.15) is 0 Å². The Hall–Kier alpha value is -2.48. The molecule has 1 heterocycles. The average molecular weight is 443 g/mol. The molecule has 2 aromatic carbocycles. The molecule has 0 spiro atoms. The number of thiophene rings is 1. The van der Waals surface area contributed by atoms with Crippen molar-refractivity contribution in [3.05, 3.63) is 87.6 Å². The summed E-state index contributed by atoms with van der Waals surface area (Å²) in [7, 11) is -3.66. The molecule has 1 unspecified atom stereocenters. The topological polar surface area (TPSA) is 66.5 Å². The van der Waals surface area contributed by atoms with Gasteiger partial charge < -0.3 is 5.32 Å². The largest absolute Gasteiger partial charge is 0.340 e. The van der Waals surface area contributed by atoms with Crippen LogP contribution in [-0.2, 0) is 10.0 Å². The standard InChI is InChI=1S/C23H26N2O3S2/c1-4-25(5-2)30(27,28)21-16-19(14-13-17(21)3)23(26)24-22(20-12-9-15-29-20)18-10-7-6-8-11-18/h6-16,22H,4-5H2,1-3H3,(H,24,26). The van der Waals surface area contributed by atoms with E-state index in [0.29, 0.717) is 24.2 Å². The van der Waals surface area contributed by atoms with Crippen molar-refractivity contribution in [3.63, 3.8) is 0 Å². The fraction of sp³-hybridized carbons (Fsp3) is 0.261. The molecule has 0 saturated carbocycles. The second kappa shape index (κ2) is 9.55. The highest BCUT2D eigenvalue weighted by Gasteiger charge is 2.25. The molecule has 1 N–H and O–H groups in total. The minimum atomic E-state index is -3.66. The first kappa shape index (κ1) is 22.2. The Morgan fingerprint density at radius 2 is 1.73 bits per heavy atom. The van der Waals surface area contributed by atoms with Crippen LogP contribution in [0, 0.1) is 6.92 Å². The summed E-state index contributed by atoms with van der Waals surface area (Å²) in [5, 5.41) is 5.04. The third kappa shape index (κ3) is 4.64. The van der Waals surface area contributed by atoms with Crippen molar-refractivity contribution in [3.8, 4) is 0 Å². The highest BCUT2D eigenvalue weighted by atomic mass is 32.2. The predicted molar refractivity (Wildman–Crippen MR) is 121 cm³/mol. The van der Waals surface area contributed by atoms with E-state index >= 15 is 0 Å². The number of hydrogen-bond donors (Lipinski definition) is 1. The zero-order valence-electron chi connectivity index (χ0n) is 17.3. The number of benzene rings is 2. The number of carbonyl (C=O) groups is 1. The third-order valence-corrected chi connectivity index (χ3v) is 8.14. The highest BCUT2D eigenvalue weighted by Crippen LogP contribution is 2.27. The fourth-order valence-electron chi connectivity index (χ4n) is 3.36. The second-order valence-corrected chi connectivity index (χ2v) is 9.79. The highest BCUT2D eigenvalue weighted by molar-refractivity contribution is 7.89. The van der Waals surface area contributed by atoms with Gasteiger partial charge in [-0.25, -0.2) is 8.42 Å². The van der Waals surface area contributed by atoms with Gasteiger partial charge in [-0.3, -0.25) is 4.79 Å². The molecule has 30 heavy (non-hydrogen) atoms. The van der Waals surface area contributed by atoms with Gasteiger partial charge in [-0.15, -0.1) is 11.3 Å². The Labute approximate surface area is 182 Å². The molecular formula is C23H26N2O3S2. The summed E-state index contributed by atoms with van der Waals surface area (Å²) in [6.07, 6.45) is 0. The molecule has 1 atom stereocenters. The van der Waals surface area contributed by atoms with Crippen LogP contribution in [0.3, 0.4) is 0 Å². The molecule has 0 saturated heterocycles. The molecule has 0 fully saturated rings. The Bertz CT molecular complexity index is 1090. The van der Waals surface area contributed by atoms with E-state index in [4.69, 9.17) is 0 Å². The number of aryl methyl sites for hydroxylation is 1. The minimum Gasteiger partial charge on any atom is -0.340 e. The van der Waals surface area contributed by atoms with Gasteiger partial charge in [0.05, 0.1) is 10.9 Å². The van der Waals surface area contributed by atoms with Crippen LogP contribution in [0.2, 0.25) is 0 Å². The number of carbonyl (C=O) groups excluding carboxylic acids is 1. The van der Waals surface area contributed by atoms with E-state index < -0.39 is 10.0 Å². The molecule has 0 bridgehead atoms. The summed E-state index contributed by atoms with van der Waals surface area (Å²) < 4.78 is 27.4. The van der Waals surface area contributed by atoms with Crippen LogP contribution < -0.4 is 5.32 Å². The van der Waals surface area contributed by atoms with Crippen LogP contribution >= 0.6 is 11.3 Å². The van der Waals surface area contributed by atoms with Crippen LogP contribution in [0.1, 0.15) is 46.3 Å². The van der Waals surface area contributed by atoms with Gasteiger partial charge in [0, 0.05) is 23.5 Å². The van der Waals surface area contributed by atoms with Crippen LogP contribution in [0.4, 0.5) is 0 Å². The van der Waals surface area contributed by atoms with E-state index in [9.17, 15) is 13.2 Å². The van der Waals surface area contributed by atoms with E-state index in [2.05, 4.69) is 5.32 Å². The number of nitrogens with one attached hydrogen (secondary N) is 1. The summed E-state index contributed by atoms with van der Waals surface area (Å²) in [5.41, 5.74) is 1.91. The monoisotopic (exact) mass is 442 g/mol. The molecule has 7 heteroatoms. The van der Waals surface area contributed by atoms with Crippen molar-refractivity contribution in [2.45, 2.75) is 31.7 Å². The van der Waals surface area contributed by atoms with Crippen molar-refractivity contribution in [1.82, 2.24) is 9.62 Å². The molecule has 3 aromatic rings. The molecule has 0 aliphatic heterocycles. The molecule has 0 aliphatic rings. The summed E-state index contributed by atoms with van der Waals surface area (Å²) in [4.78, 5) is 14.3. The summed E-state index contributed by atoms with van der Waals surface area (Å²) in [6, 6.07) is 18.2. The van der Waals surface area contributed by atoms with Gasteiger partial charge >= 0.3 is 0 Å². The maximum Gasteiger partial charge on any atom is 0.252 e. The predicted octanol–water partition coefficient (Wildman–Crippen LogP) is 4.61. The molecule has 1 amide bonds. The minimum absolute atomic E-state index is 0.172. The number of nitrogens with zero attached hydrogens (tertiary/aromatic N) is 1. The zero-order chi connectivity index (χ0) is 21.7. The normalized spacial score (nSPS) is 12.7. The lowest BCUT2D eigenvalue weighted by atomic mass is 10.0. The van der Waals surface area contributed by atoms with Gasteiger partial charge in [-0.2, -0.15) is 4.31 Å². The lowest BCUT2D eigenvalue weighted by molar-refractivity contribution is 0.0943. The number of sulfonamides is 1. The average Bonchev–Trinajstić information content (AvgIpc) is 3.28. The molecule has 0 radical (unpaired) electrons. The van der Waals surface area contributed by atoms with Crippen LogP contribution in [0.25, 0.3) is 0 Å². The Morgan fingerprint density at radius 3 is 2.33 bits per heavy atom. The Kier molecular flexibility index (Phi) is 7.07. The molecule has 0 aliphatic carbocycles. The SMILES string of the molecule is CCN(CC)S(=O)(=O)c1cc(C(=O)NC(c2ccccc2)c2cccs2)ccc1C. The van der Waals surface area contributed by atoms with Crippen molar-refractivity contribution in [1.29, 1.82) is 0 Å². The van der Waals surface area contributed by atoms with Gasteiger partial charge in [0.2, 0.25) is 10.0 Å². The third-order valence-electron chi connectivity index (χ3n) is 5.01. The van der Waals surface area contributed by atoms with E-state index in [1.54, 1.807) is 44.2 Å². The van der Waals surface area contributed by atoms with Crippen LogP contribution in [0.15, 0.2) is 70.9 Å². The van der Waals surface area contributed by atoms with E-state index in [-0.39, 0.29) is 16.8 Å². The van der Waals surface area contributed by atoms with E-state index in [1.165, 1.54) is 10.4 Å². The Balaban J connectivity index is 1.95. The lowest BCUT2D eigenvalue weighted by Gasteiger charge is -2.21. The van der Waals surface area contributed by atoms with Gasteiger partial charge in [0.25, 0.3) is 5.91 Å². The smallest absolute Gasteiger partial charge is 0.252 e. The van der Waals surface area contributed by atoms with Crippen molar-refractivity contribution < 1.29 is 13.2 Å². The molecule has 158 valence electrons. The summed E-state index contributed by atoms with van der Waals surface area (Å²) >= 11 is 1.57. The molecule has 1 aromatic heterocycles. The summed E-state index contributed by atoms with van der Waals surface area (Å²) in [6.45, 7) is 6.11. The molecule has 5 nitrogen and oxygen atoms in total. The maximum absolute atomic E-state index is 13.1. The number of hydrogen-bond acceptors (Lipinski definition) is 4. The van der Waals surface area contributed by atoms with E-state index in [0.717, 1.165) is 10.4 Å².